The molecule has 3 heterocycles. The Kier molecular flexibility index (Phi) is 9.78. The molecule has 3 aliphatic carbocycles. The van der Waals surface area contributed by atoms with E-state index in [0.29, 0.717) is 18.3 Å². The van der Waals surface area contributed by atoms with Crippen LogP contribution in [0.2, 0.25) is 0 Å². The van der Waals surface area contributed by atoms with Gasteiger partial charge in [-0.3, -0.25) is 14.2 Å². The van der Waals surface area contributed by atoms with Gasteiger partial charge in [0, 0.05) is 13.0 Å². The Balaban J connectivity index is 1.16. The van der Waals surface area contributed by atoms with Crippen molar-refractivity contribution in [1.82, 2.24) is 20.2 Å². The number of para-hydroxylation sites is 1. The average molecular weight is 789 g/mol. The molecule has 8 rings (SSSR count). The molecule has 2 aliphatic heterocycles. The Morgan fingerprint density at radius 3 is 2.41 bits per heavy atom. The second-order valence-corrected chi connectivity index (χ2v) is 16.3. The van der Waals surface area contributed by atoms with Crippen LogP contribution in [0.4, 0.5) is 42.5 Å². The second-order valence-electron chi connectivity index (χ2n) is 16.3. The van der Waals surface area contributed by atoms with Gasteiger partial charge in [0.25, 0.3) is 5.56 Å². The zero-order chi connectivity index (χ0) is 40.6. The van der Waals surface area contributed by atoms with Crippen LogP contribution in [0.1, 0.15) is 88.9 Å². The third-order valence-corrected chi connectivity index (χ3v) is 12.2. The lowest BCUT2D eigenvalue weighted by atomic mass is 9.45. The summed E-state index contributed by atoms with van der Waals surface area (Å²) in [6, 6.07) is 6.64. The van der Waals surface area contributed by atoms with E-state index in [2.05, 4.69) is 40.1 Å². The normalized spacial score (nSPS) is 28.1. The number of amides is 3. The van der Waals surface area contributed by atoms with Crippen LogP contribution in [0.25, 0.3) is 0 Å². The number of carbonyl (C=O) groups excluding carboxylic acids is 2. The summed E-state index contributed by atoms with van der Waals surface area (Å²) in [6.45, 7) is 9.64. The molecule has 4 N–H and O–H groups in total. The zero-order valence-corrected chi connectivity index (χ0v) is 31.4. The highest BCUT2D eigenvalue weighted by atomic mass is 19.4. The third-order valence-electron chi connectivity index (χ3n) is 12.2. The Hall–Kier alpha value is -4.58. The lowest BCUT2D eigenvalue weighted by Crippen LogP contribution is -2.63. The minimum absolute atomic E-state index is 0.0616. The molecule has 56 heavy (non-hydrogen) atoms. The van der Waals surface area contributed by atoms with Crippen molar-refractivity contribution in [2.75, 3.05) is 10.6 Å². The maximum Gasteiger partial charge on any atom is 0.481 e. The first kappa shape index (κ1) is 39.7. The number of alkyl halides is 6. The van der Waals surface area contributed by atoms with Crippen LogP contribution in [0, 0.1) is 17.3 Å². The summed E-state index contributed by atoms with van der Waals surface area (Å²) in [7, 11) is -0.783. The predicted molar refractivity (Wildman–Crippen MR) is 194 cm³/mol. The van der Waals surface area contributed by atoms with Gasteiger partial charge < -0.3 is 30.6 Å². The van der Waals surface area contributed by atoms with Crippen LogP contribution in [0.15, 0.2) is 59.5 Å². The van der Waals surface area contributed by atoms with Crippen LogP contribution < -0.4 is 26.8 Å². The van der Waals surface area contributed by atoms with Gasteiger partial charge in [-0.1, -0.05) is 45.0 Å². The van der Waals surface area contributed by atoms with Crippen molar-refractivity contribution in [2.24, 2.45) is 17.3 Å². The SMILES string of the molecule is CC[C@H](NC(=O)[C@@H]1C[C@@](C)(NC(=O)Nc2ccccc2C(F)(F)F)c2ncc(NCc3cccc(C(F)(F)F)c3)c(=O)n21)B1O[C@@H]2C3CC(C[C@]2(C)O1)C3(C)C. The molecule has 0 spiro atoms. The number of halogens is 6. The smallest absolute Gasteiger partial charge is 0.404 e. The number of anilines is 2. The molecule has 1 aromatic heterocycles. The first-order chi connectivity index (χ1) is 26.1. The summed E-state index contributed by atoms with van der Waals surface area (Å²) < 4.78 is 95.4. The van der Waals surface area contributed by atoms with E-state index in [1.165, 1.54) is 31.2 Å². The molecule has 3 saturated carbocycles. The van der Waals surface area contributed by atoms with Gasteiger partial charge >= 0.3 is 25.5 Å². The topological polar surface area (TPSA) is 136 Å². The van der Waals surface area contributed by atoms with Gasteiger partial charge in [-0.05, 0) is 80.2 Å². The molecular formula is C38H43BF6N6O5. The molecule has 0 radical (unpaired) electrons. The second kappa shape index (κ2) is 13.8. The van der Waals surface area contributed by atoms with Crippen LogP contribution in [0.5, 0.6) is 0 Å². The minimum atomic E-state index is -4.77. The van der Waals surface area contributed by atoms with Crippen LogP contribution >= 0.6 is 0 Å². The highest BCUT2D eigenvalue weighted by molar-refractivity contribution is 6.47. The van der Waals surface area contributed by atoms with Gasteiger partial charge in [-0.25, -0.2) is 9.78 Å². The summed E-state index contributed by atoms with van der Waals surface area (Å²) in [5, 5.41) is 10.7. The largest absolute Gasteiger partial charge is 0.481 e. The number of carbonyl (C=O) groups is 2. The Labute approximate surface area is 319 Å². The fourth-order valence-electron chi connectivity index (χ4n) is 9.03. The van der Waals surface area contributed by atoms with Gasteiger partial charge in [0.1, 0.15) is 17.6 Å². The molecule has 18 heteroatoms. The lowest BCUT2D eigenvalue weighted by molar-refractivity contribution is -0.185. The number of hydrogen-bond donors (Lipinski definition) is 4. The average Bonchev–Trinajstić information content (AvgIpc) is 3.63. The van der Waals surface area contributed by atoms with Crippen molar-refractivity contribution in [2.45, 2.75) is 108 Å². The van der Waals surface area contributed by atoms with E-state index in [0.717, 1.165) is 47.9 Å². The van der Waals surface area contributed by atoms with E-state index in [1.54, 1.807) is 0 Å². The molecular weight excluding hydrogens is 745 g/mol. The highest BCUT2D eigenvalue weighted by Crippen LogP contribution is 2.64. The molecule has 7 atom stereocenters. The number of urea groups is 1. The van der Waals surface area contributed by atoms with Gasteiger partial charge in [0.2, 0.25) is 5.91 Å². The Morgan fingerprint density at radius 1 is 1.00 bits per heavy atom. The number of rotatable bonds is 9. The van der Waals surface area contributed by atoms with Gasteiger partial charge in [-0.2, -0.15) is 26.3 Å². The summed E-state index contributed by atoms with van der Waals surface area (Å²) in [5.41, 5.74) is -5.12. The zero-order valence-electron chi connectivity index (χ0n) is 31.4. The molecule has 4 fully saturated rings. The van der Waals surface area contributed by atoms with E-state index in [4.69, 9.17) is 9.31 Å². The van der Waals surface area contributed by atoms with Crippen LogP contribution in [0.3, 0.4) is 0 Å². The molecule has 300 valence electrons. The Bertz CT molecular complexity index is 2100. The van der Waals surface area contributed by atoms with Crippen molar-refractivity contribution in [1.29, 1.82) is 0 Å². The van der Waals surface area contributed by atoms with E-state index >= 15 is 0 Å². The van der Waals surface area contributed by atoms with Gasteiger partial charge in [0.05, 0.1) is 46.2 Å². The number of hydrogen-bond acceptors (Lipinski definition) is 7. The standard InChI is InChI=1S/C38H43BF6N6O5/c1-6-28(39-55-29-24-15-22(34(24,2)3)16-36(29,5)56-39)49-30(52)27-17-35(4,50-33(54)48-25-13-8-7-12-23(25)38(43,44)45)32-47-19-26(31(53)51(27)32)46-18-20-10-9-11-21(14-20)37(40,41)42/h7-14,19,22,24,27-29,46H,6,15-18H2,1-5H3,(H,49,52)(H2,48,50,54)/t22?,24?,27-,28-,29+,35+,36-/m0/s1. The van der Waals surface area contributed by atoms with Crippen molar-refractivity contribution < 1.29 is 45.2 Å². The molecule has 1 saturated heterocycles. The van der Waals surface area contributed by atoms with E-state index in [-0.39, 0.29) is 41.6 Å². The summed E-state index contributed by atoms with van der Waals surface area (Å²) in [6.07, 6.45) is -6.36. The number of nitrogens with zero attached hydrogens (tertiary/aromatic N) is 2. The van der Waals surface area contributed by atoms with Crippen LogP contribution in [-0.4, -0.2) is 46.3 Å². The number of benzene rings is 2. The van der Waals surface area contributed by atoms with Gasteiger partial charge in [0.15, 0.2) is 0 Å². The first-order valence-corrected chi connectivity index (χ1v) is 18.6. The number of fused-ring (bicyclic) bond motifs is 1. The van der Waals surface area contributed by atoms with E-state index < -0.39 is 76.9 Å². The van der Waals surface area contributed by atoms with Crippen molar-refractivity contribution in [3.63, 3.8) is 0 Å². The maximum absolute atomic E-state index is 14.3. The monoisotopic (exact) mass is 788 g/mol. The predicted octanol–water partition coefficient (Wildman–Crippen LogP) is 7.04. The minimum Gasteiger partial charge on any atom is -0.404 e. The fourth-order valence-corrected chi connectivity index (χ4v) is 9.03. The highest BCUT2D eigenvalue weighted by Gasteiger charge is 2.67. The number of aromatic nitrogens is 2. The maximum atomic E-state index is 14.3. The van der Waals surface area contributed by atoms with Crippen molar-refractivity contribution >= 4 is 30.4 Å². The fraction of sp³-hybridized carbons (Fsp3) is 0.526. The van der Waals surface area contributed by atoms with Crippen molar-refractivity contribution in [3.05, 3.63) is 87.6 Å². The summed E-state index contributed by atoms with van der Waals surface area (Å²) in [5.74, 6) is -0.545. The molecule has 11 nitrogen and oxygen atoms in total. The number of nitrogens with one attached hydrogen (secondary N) is 4. The molecule has 2 aromatic carbocycles. The molecule has 5 aliphatic rings. The molecule has 3 aromatic rings. The lowest BCUT2D eigenvalue weighted by Gasteiger charge is -2.63. The van der Waals surface area contributed by atoms with E-state index in [1.807, 2.05) is 13.8 Å². The third kappa shape index (κ3) is 7.03. The first-order valence-electron chi connectivity index (χ1n) is 18.6. The van der Waals surface area contributed by atoms with Crippen LogP contribution in [-0.2, 0) is 38.5 Å². The molecule has 2 bridgehead atoms. The molecule has 2 unspecified atom stereocenters. The molecule has 3 amide bonds. The van der Waals surface area contributed by atoms with Gasteiger partial charge in [-0.15, -0.1) is 0 Å². The van der Waals surface area contributed by atoms with E-state index in [9.17, 15) is 40.7 Å². The quantitative estimate of drug-likeness (QED) is 0.135. The Morgan fingerprint density at radius 2 is 1.73 bits per heavy atom. The summed E-state index contributed by atoms with van der Waals surface area (Å²) in [4.78, 5) is 46.2. The summed E-state index contributed by atoms with van der Waals surface area (Å²) >= 11 is 0. The van der Waals surface area contributed by atoms with Crippen molar-refractivity contribution in [3.8, 4) is 0 Å².